The molecule has 0 saturated carbocycles. The Bertz CT molecular complexity index is 517. The average Bonchev–Trinajstić information content (AvgIpc) is 2.39. The van der Waals surface area contributed by atoms with Gasteiger partial charge in [0, 0.05) is 26.2 Å². The first-order chi connectivity index (χ1) is 10.1. The van der Waals surface area contributed by atoms with E-state index in [-0.39, 0.29) is 17.2 Å². The predicted molar refractivity (Wildman–Crippen MR) is 86.7 cm³/mol. The van der Waals surface area contributed by atoms with Crippen molar-refractivity contribution in [3.05, 3.63) is 34.6 Å². The minimum absolute atomic E-state index is 0.00476. The lowest BCUT2D eigenvalue weighted by molar-refractivity contribution is 0.0299. The van der Waals surface area contributed by atoms with Crippen molar-refractivity contribution in [2.75, 3.05) is 20.1 Å². The number of carbonyl (C=O) groups is 1. The third kappa shape index (κ3) is 6.20. The molecule has 22 heavy (non-hydrogen) atoms. The summed E-state index contributed by atoms with van der Waals surface area (Å²) in [4.78, 5) is 13.3. The van der Waals surface area contributed by atoms with Gasteiger partial charge in [-0.2, -0.15) is 0 Å². The van der Waals surface area contributed by atoms with E-state index in [1.54, 1.807) is 19.2 Å². The highest BCUT2D eigenvalue weighted by molar-refractivity contribution is 6.30. The predicted octanol–water partition coefficient (Wildman–Crippen LogP) is 4.00. The van der Waals surface area contributed by atoms with Gasteiger partial charge in [0.2, 0.25) is 0 Å². The van der Waals surface area contributed by atoms with Gasteiger partial charge in [-0.1, -0.05) is 17.7 Å². The van der Waals surface area contributed by atoms with E-state index in [0.717, 1.165) is 5.56 Å². The van der Waals surface area contributed by atoms with Crippen molar-refractivity contribution in [2.24, 2.45) is 0 Å². The van der Waals surface area contributed by atoms with Crippen LogP contribution in [0, 0.1) is 5.82 Å². The summed E-state index contributed by atoms with van der Waals surface area (Å²) >= 11 is 5.77. The number of nitrogens with zero attached hydrogens (tertiary/aromatic N) is 1. The summed E-state index contributed by atoms with van der Waals surface area (Å²) in [5.74, 6) is -0.428. The van der Waals surface area contributed by atoms with E-state index in [4.69, 9.17) is 16.3 Å². The number of ether oxygens (including phenoxy) is 1. The average molecular weight is 331 g/mol. The van der Waals surface area contributed by atoms with Crippen molar-refractivity contribution < 1.29 is 13.9 Å². The van der Waals surface area contributed by atoms with Crippen LogP contribution < -0.4 is 5.32 Å². The zero-order valence-corrected chi connectivity index (χ0v) is 14.5. The highest BCUT2D eigenvalue weighted by Crippen LogP contribution is 2.20. The molecule has 1 N–H and O–H groups in total. The van der Waals surface area contributed by atoms with Gasteiger partial charge in [-0.3, -0.25) is 0 Å². The molecule has 0 bridgehead atoms. The maximum Gasteiger partial charge on any atom is 0.410 e. The van der Waals surface area contributed by atoms with Crippen molar-refractivity contribution >= 4 is 17.7 Å². The van der Waals surface area contributed by atoms with E-state index in [0.29, 0.717) is 13.1 Å². The fraction of sp³-hybridized carbons (Fsp3) is 0.562. The Morgan fingerprint density at radius 3 is 2.64 bits per heavy atom. The molecule has 1 aromatic carbocycles. The van der Waals surface area contributed by atoms with Crippen LogP contribution in [0.4, 0.5) is 9.18 Å². The van der Waals surface area contributed by atoms with Crippen LogP contribution in [0.5, 0.6) is 0 Å². The molecule has 0 saturated heterocycles. The molecule has 0 aliphatic rings. The molecular formula is C16H24ClFN2O2. The SMILES string of the molecule is CC(NCCN(C)C(=O)OC(C)(C)C)c1ccc(F)c(Cl)c1. The van der Waals surface area contributed by atoms with Gasteiger partial charge in [0.05, 0.1) is 5.02 Å². The molecule has 0 aliphatic carbocycles. The molecule has 1 rings (SSSR count). The Hall–Kier alpha value is -1.33. The number of carbonyl (C=O) groups excluding carboxylic acids is 1. The molecular weight excluding hydrogens is 307 g/mol. The molecule has 1 aromatic rings. The number of amides is 1. The van der Waals surface area contributed by atoms with Crippen LogP contribution >= 0.6 is 11.6 Å². The third-order valence-electron chi connectivity index (χ3n) is 3.05. The van der Waals surface area contributed by atoms with Crippen molar-refractivity contribution in [1.29, 1.82) is 0 Å². The number of hydrogen-bond acceptors (Lipinski definition) is 3. The Morgan fingerprint density at radius 2 is 2.09 bits per heavy atom. The molecule has 0 fully saturated rings. The zero-order valence-electron chi connectivity index (χ0n) is 13.7. The van der Waals surface area contributed by atoms with E-state index < -0.39 is 11.4 Å². The first-order valence-electron chi connectivity index (χ1n) is 7.22. The fourth-order valence-electron chi connectivity index (χ4n) is 1.78. The van der Waals surface area contributed by atoms with Crippen molar-refractivity contribution in [3.63, 3.8) is 0 Å². The first-order valence-corrected chi connectivity index (χ1v) is 7.60. The van der Waals surface area contributed by atoms with Gasteiger partial charge in [-0.25, -0.2) is 9.18 Å². The first kappa shape index (κ1) is 18.7. The van der Waals surface area contributed by atoms with E-state index in [1.807, 2.05) is 27.7 Å². The molecule has 0 spiro atoms. The number of nitrogens with one attached hydrogen (secondary N) is 1. The lowest BCUT2D eigenvalue weighted by Crippen LogP contribution is -2.38. The lowest BCUT2D eigenvalue weighted by Gasteiger charge is -2.25. The maximum atomic E-state index is 13.1. The van der Waals surface area contributed by atoms with Crippen LogP contribution in [0.1, 0.15) is 39.3 Å². The van der Waals surface area contributed by atoms with Crippen LogP contribution in [0.25, 0.3) is 0 Å². The van der Waals surface area contributed by atoms with Gasteiger partial charge in [-0.05, 0) is 45.4 Å². The standard InChI is InChI=1S/C16H24ClFN2O2/c1-11(12-6-7-14(18)13(17)10-12)19-8-9-20(5)15(21)22-16(2,3)4/h6-7,10-11,19H,8-9H2,1-5H3. The van der Waals surface area contributed by atoms with Gasteiger partial charge >= 0.3 is 6.09 Å². The molecule has 6 heteroatoms. The van der Waals surface area contributed by atoms with Gasteiger partial charge in [-0.15, -0.1) is 0 Å². The summed E-state index contributed by atoms with van der Waals surface area (Å²) < 4.78 is 18.4. The quantitative estimate of drug-likeness (QED) is 0.887. The summed E-state index contributed by atoms with van der Waals surface area (Å²) in [7, 11) is 1.69. The second kappa shape index (κ2) is 7.79. The number of likely N-dealkylation sites (N-methyl/N-ethyl adjacent to an activating group) is 1. The molecule has 0 radical (unpaired) electrons. The topological polar surface area (TPSA) is 41.6 Å². The van der Waals surface area contributed by atoms with Gasteiger partial charge < -0.3 is 15.0 Å². The van der Waals surface area contributed by atoms with Crippen LogP contribution in [0.15, 0.2) is 18.2 Å². The third-order valence-corrected chi connectivity index (χ3v) is 3.34. The Balaban J connectivity index is 2.43. The summed E-state index contributed by atoms with van der Waals surface area (Å²) in [5, 5.41) is 3.37. The fourth-order valence-corrected chi connectivity index (χ4v) is 1.97. The minimum Gasteiger partial charge on any atom is -0.444 e. The molecule has 124 valence electrons. The van der Waals surface area contributed by atoms with Crippen LogP contribution in [0.2, 0.25) is 5.02 Å². The number of halogens is 2. The molecule has 0 aromatic heterocycles. The van der Waals surface area contributed by atoms with E-state index in [2.05, 4.69) is 5.32 Å². The number of hydrogen-bond donors (Lipinski definition) is 1. The molecule has 0 aliphatic heterocycles. The Kier molecular flexibility index (Phi) is 6.63. The normalized spacial score (nSPS) is 12.9. The Labute approximate surface area is 136 Å². The molecule has 1 atom stereocenters. The Morgan fingerprint density at radius 1 is 1.45 bits per heavy atom. The van der Waals surface area contributed by atoms with Gasteiger partial charge in [0.15, 0.2) is 0 Å². The van der Waals surface area contributed by atoms with E-state index in [9.17, 15) is 9.18 Å². The second-order valence-electron chi connectivity index (χ2n) is 6.25. The molecule has 0 heterocycles. The summed E-state index contributed by atoms with van der Waals surface area (Å²) in [5.41, 5.74) is 0.392. The maximum absolute atomic E-state index is 13.1. The van der Waals surface area contributed by atoms with E-state index >= 15 is 0 Å². The van der Waals surface area contributed by atoms with Gasteiger partial charge in [0.1, 0.15) is 11.4 Å². The van der Waals surface area contributed by atoms with Crippen molar-refractivity contribution in [1.82, 2.24) is 10.2 Å². The minimum atomic E-state index is -0.503. The van der Waals surface area contributed by atoms with Crippen LogP contribution in [-0.2, 0) is 4.74 Å². The van der Waals surface area contributed by atoms with Gasteiger partial charge in [0.25, 0.3) is 0 Å². The van der Waals surface area contributed by atoms with Crippen LogP contribution in [0.3, 0.4) is 0 Å². The highest BCUT2D eigenvalue weighted by atomic mass is 35.5. The van der Waals surface area contributed by atoms with Crippen LogP contribution in [-0.4, -0.2) is 36.7 Å². The monoisotopic (exact) mass is 330 g/mol. The molecule has 1 amide bonds. The lowest BCUT2D eigenvalue weighted by atomic mass is 10.1. The zero-order chi connectivity index (χ0) is 16.9. The summed E-state index contributed by atoms with van der Waals surface area (Å²) in [6.45, 7) is 8.54. The molecule has 1 unspecified atom stereocenters. The second-order valence-corrected chi connectivity index (χ2v) is 6.66. The summed E-state index contributed by atoms with van der Waals surface area (Å²) in [6.07, 6.45) is -0.355. The summed E-state index contributed by atoms with van der Waals surface area (Å²) in [6, 6.07) is 4.65. The van der Waals surface area contributed by atoms with Crippen molar-refractivity contribution in [2.45, 2.75) is 39.3 Å². The molecule has 4 nitrogen and oxygen atoms in total. The largest absolute Gasteiger partial charge is 0.444 e. The number of benzene rings is 1. The van der Waals surface area contributed by atoms with E-state index in [1.165, 1.54) is 11.0 Å². The highest BCUT2D eigenvalue weighted by Gasteiger charge is 2.19. The number of rotatable bonds is 5. The smallest absolute Gasteiger partial charge is 0.410 e. The van der Waals surface area contributed by atoms with Crippen molar-refractivity contribution in [3.8, 4) is 0 Å².